The Bertz CT molecular complexity index is 709. The minimum Gasteiger partial charge on any atom is -0.493 e. The van der Waals surface area contributed by atoms with E-state index < -0.39 is 0 Å². The number of nitrogens with zero attached hydrogens (tertiary/aromatic N) is 1. The summed E-state index contributed by atoms with van der Waals surface area (Å²) in [5, 5.41) is 0.425. The number of hydrogen-bond acceptors (Lipinski definition) is 5. The molecular formula is C20H26ClNO5. The highest BCUT2D eigenvalue weighted by Crippen LogP contribution is 2.37. The zero-order valence-electron chi connectivity index (χ0n) is 16.2. The maximum absolute atomic E-state index is 12.4. The zero-order valence-corrected chi connectivity index (χ0v) is 16.9. The first-order valence-corrected chi connectivity index (χ1v) is 9.32. The molecule has 1 saturated heterocycles. The number of hydrogen-bond donors (Lipinski definition) is 0. The van der Waals surface area contributed by atoms with Crippen molar-refractivity contribution in [3.8, 4) is 11.5 Å². The van der Waals surface area contributed by atoms with Gasteiger partial charge in [0.05, 0.1) is 31.3 Å². The summed E-state index contributed by atoms with van der Waals surface area (Å²) in [5.41, 5.74) is 0.741. The van der Waals surface area contributed by atoms with Gasteiger partial charge in [0.15, 0.2) is 11.5 Å². The predicted molar refractivity (Wildman–Crippen MR) is 104 cm³/mol. The van der Waals surface area contributed by atoms with E-state index in [4.69, 9.17) is 25.8 Å². The molecule has 2 rings (SSSR count). The van der Waals surface area contributed by atoms with Crippen LogP contribution in [0.25, 0.3) is 6.08 Å². The number of benzene rings is 1. The van der Waals surface area contributed by atoms with Crippen LogP contribution >= 0.6 is 11.6 Å². The number of carbonyl (C=O) groups is 2. The largest absolute Gasteiger partial charge is 0.493 e. The van der Waals surface area contributed by atoms with E-state index in [9.17, 15) is 9.59 Å². The minimum absolute atomic E-state index is 0.0349. The Morgan fingerprint density at radius 1 is 1.22 bits per heavy atom. The minimum atomic E-state index is -0.205. The predicted octanol–water partition coefficient (Wildman–Crippen LogP) is 3.56. The summed E-state index contributed by atoms with van der Waals surface area (Å²) in [5.74, 6) is 0.573. The van der Waals surface area contributed by atoms with Crippen molar-refractivity contribution in [3.63, 3.8) is 0 Å². The molecule has 0 unspecified atom stereocenters. The second-order valence-electron chi connectivity index (χ2n) is 6.66. The Kier molecular flexibility index (Phi) is 7.54. The number of rotatable bonds is 6. The van der Waals surface area contributed by atoms with Gasteiger partial charge in [-0.15, -0.1) is 0 Å². The van der Waals surface area contributed by atoms with Gasteiger partial charge in [0, 0.05) is 19.2 Å². The van der Waals surface area contributed by atoms with Gasteiger partial charge < -0.3 is 19.1 Å². The average Bonchev–Trinajstić information content (AvgIpc) is 2.66. The molecular weight excluding hydrogens is 370 g/mol. The van der Waals surface area contributed by atoms with Crippen LogP contribution in [-0.4, -0.2) is 50.2 Å². The number of amides is 1. The second-order valence-corrected chi connectivity index (χ2v) is 7.06. The summed E-state index contributed by atoms with van der Waals surface area (Å²) in [7, 11) is 2.93. The van der Waals surface area contributed by atoms with Gasteiger partial charge >= 0.3 is 5.97 Å². The summed E-state index contributed by atoms with van der Waals surface area (Å²) in [6, 6.07) is 3.51. The molecule has 0 atom stereocenters. The van der Waals surface area contributed by atoms with E-state index in [1.54, 1.807) is 30.2 Å². The Morgan fingerprint density at radius 2 is 1.89 bits per heavy atom. The summed E-state index contributed by atoms with van der Waals surface area (Å²) < 4.78 is 15.8. The molecule has 1 fully saturated rings. The summed E-state index contributed by atoms with van der Waals surface area (Å²) in [4.78, 5) is 25.7. The number of carbonyl (C=O) groups excluding carboxylic acids is 2. The first-order chi connectivity index (χ1) is 12.8. The number of ether oxygens (including phenoxy) is 3. The quantitative estimate of drug-likeness (QED) is 0.544. The average molecular weight is 396 g/mol. The molecule has 1 heterocycles. The van der Waals surface area contributed by atoms with Gasteiger partial charge in [-0.1, -0.05) is 11.6 Å². The van der Waals surface area contributed by atoms with Crippen LogP contribution in [-0.2, 0) is 14.3 Å². The van der Waals surface area contributed by atoms with Crippen LogP contribution in [0, 0.1) is 5.92 Å². The van der Waals surface area contributed by atoms with Gasteiger partial charge in [-0.2, -0.15) is 0 Å². The lowest BCUT2D eigenvalue weighted by Crippen LogP contribution is -2.39. The zero-order chi connectivity index (χ0) is 20.0. The van der Waals surface area contributed by atoms with E-state index in [1.807, 2.05) is 13.8 Å². The highest BCUT2D eigenvalue weighted by atomic mass is 35.5. The summed E-state index contributed by atoms with van der Waals surface area (Å²) in [6.45, 7) is 4.89. The topological polar surface area (TPSA) is 65.1 Å². The van der Waals surface area contributed by atoms with E-state index in [1.165, 1.54) is 13.2 Å². The van der Waals surface area contributed by atoms with Crippen molar-refractivity contribution < 1.29 is 23.8 Å². The highest BCUT2D eigenvalue weighted by molar-refractivity contribution is 6.32. The molecule has 1 aromatic carbocycles. The number of esters is 1. The highest BCUT2D eigenvalue weighted by Gasteiger charge is 2.27. The molecule has 0 aliphatic carbocycles. The van der Waals surface area contributed by atoms with Gasteiger partial charge in [-0.25, -0.2) is 0 Å². The molecule has 0 radical (unpaired) electrons. The van der Waals surface area contributed by atoms with Crippen molar-refractivity contribution in [2.24, 2.45) is 5.92 Å². The molecule has 0 bridgehead atoms. The van der Waals surface area contributed by atoms with E-state index in [0.29, 0.717) is 42.5 Å². The van der Waals surface area contributed by atoms with Crippen LogP contribution in [0.4, 0.5) is 0 Å². The maximum atomic E-state index is 12.4. The summed E-state index contributed by atoms with van der Waals surface area (Å²) >= 11 is 6.30. The Hall–Kier alpha value is -2.21. The van der Waals surface area contributed by atoms with Gasteiger partial charge in [-0.05, 0) is 50.5 Å². The smallest absolute Gasteiger partial charge is 0.308 e. The monoisotopic (exact) mass is 395 g/mol. The fourth-order valence-corrected chi connectivity index (χ4v) is 3.22. The van der Waals surface area contributed by atoms with Crippen LogP contribution < -0.4 is 9.47 Å². The molecule has 0 saturated carbocycles. The van der Waals surface area contributed by atoms with Crippen molar-refractivity contribution in [3.05, 3.63) is 28.8 Å². The van der Waals surface area contributed by atoms with Crippen molar-refractivity contribution in [1.82, 2.24) is 4.90 Å². The Balaban J connectivity index is 2.04. The molecule has 0 N–H and O–H groups in total. The van der Waals surface area contributed by atoms with Crippen molar-refractivity contribution >= 4 is 29.6 Å². The third kappa shape index (κ3) is 5.63. The molecule has 0 spiro atoms. The molecule has 27 heavy (non-hydrogen) atoms. The van der Waals surface area contributed by atoms with E-state index in [2.05, 4.69) is 0 Å². The molecule has 1 aromatic rings. The van der Waals surface area contributed by atoms with Crippen molar-refractivity contribution in [2.45, 2.75) is 32.8 Å². The van der Waals surface area contributed by atoms with Crippen molar-refractivity contribution in [1.29, 1.82) is 0 Å². The molecule has 1 aliphatic rings. The van der Waals surface area contributed by atoms with Gasteiger partial charge in [0.25, 0.3) is 0 Å². The third-order valence-electron chi connectivity index (χ3n) is 4.36. The van der Waals surface area contributed by atoms with Gasteiger partial charge in [-0.3, -0.25) is 9.59 Å². The second kappa shape index (κ2) is 9.65. The number of likely N-dealkylation sites (tertiary alicyclic amines) is 1. The Morgan fingerprint density at radius 3 is 2.44 bits per heavy atom. The van der Waals surface area contributed by atoms with Crippen LogP contribution in [0.15, 0.2) is 18.2 Å². The lowest BCUT2D eigenvalue weighted by Gasteiger charge is -2.29. The van der Waals surface area contributed by atoms with Crippen LogP contribution in [0.5, 0.6) is 11.5 Å². The SMILES string of the molecule is COC(=O)C1CCN(C(=O)/C=C/c2cc(Cl)c(OC(C)C)c(OC)c2)CC1. The molecule has 0 aromatic heterocycles. The molecule has 7 heteroatoms. The third-order valence-corrected chi connectivity index (χ3v) is 4.65. The normalized spacial score (nSPS) is 15.3. The first-order valence-electron chi connectivity index (χ1n) is 8.94. The van der Waals surface area contributed by atoms with Gasteiger partial charge in [0.2, 0.25) is 5.91 Å². The fraction of sp³-hybridized carbons (Fsp3) is 0.500. The molecule has 1 amide bonds. The lowest BCUT2D eigenvalue weighted by atomic mass is 9.97. The van der Waals surface area contributed by atoms with Gasteiger partial charge in [0.1, 0.15) is 0 Å². The van der Waals surface area contributed by atoms with E-state index in [0.717, 1.165) is 5.56 Å². The number of halogens is 1. The van der Waals surface area contributed by atoms with E-state index >= 15 is 0 Å². The molecule has 148 valence electrons. The Labute approximate surface area is 165 Å². The summed E-state index contributed by atoms with van der Waals surface area (Å²) in [6.07, 6.45) is 4.40. The number of piperidine rings is 1. The lowest BCUT2D eigenvalue weighted by molar-refractivity contribution is -0.148. The van der Waals surface area contributed by atoms with Crippen LogP contribution in [0.3, 0.4) is 0 Å². The van der Waals surface area contributed by atoms with Crippen molar-refractivity contribution in [2.75, 3.05) is 27.3 Å². The fourth-order valence-electron chi connectivity index (χ4n) is 2.96. The van der Waals surface area contributed by atoms with E-state index in [-0.39, 0.29) is 23.9 Å². The molecule has 6 nitrogen and oxygen atoms in total. The standard InChI is InChI=1S/C20H26ClNO5/c1-13(2)27-19-16(21)11-14(12-17(19)25-3)5-6-18(23)22-9-7-15(8-10-22)20(24)26-4/h5-6,11-13,15H,7-10H2,1-4H3/b6-5+. The van der Waals surface area contributed by atoms with Crippen LogP contribution in [0.1, 0.15) is 32.3 Å². The first kappa shape index (κ1) is 21.1. The molecule has 1 aliphatic heterocycles. The number of methoxy groups -OCH3 is 2. The van der Waals surface area contributed by atoms with Crippen LogP contribution in [0.2, 0.25) is 5.02 Å². The maximum Gasteiger partial charge on any atom is 0.308 e.